The molecule has 156 valence electrons. The summed E-state index contributed by atoms with van der Waals surface area (Å²) >= 11 is 1.09. The van der Waals surface area contributed by atoms with Gasteiger partial charge in [-0.3, -0.25) is 10.1 Å². The number of benzene rings is 1. The highest BCUT2D eigenvalue weighted by atomic mass is 32.1. The van der Waals surface area contributed by atoms with Gasteiger partial charge in [-0.25, -0.2) is 19.7 Å². The Labute approximate surface area is 178 Å². The first-order chi connectivity index (χ1) is 14.2. The Morgan fingerprint density at radius 1 is 1.03 bits per heavy atom. The highest BCUT2D eigenvalue weighted by molar-refractivity contribution is 7.17. The number of rotatable bonds is 6. The molecule has 8 nitrogen and oxygen atoms in total. The minimum absolute atomic E-state index is 0.228. The molecule has 0 fully saturated rings. The zero-order valence-electron chi connectivity index (χ0n) is 17.4. The van der Waals surface area contributed by atoms with E-state index in [1.165, 1.54) is 0 Å². The van der Waals surface area contributed by atoms with Crippen LogP contribution in [0.2, 0.25) is 0 Å². The molecule has 1 amide bonds. The molecule has 9 heteroatoms. The predicted molar refractivity (Wildman–Crippen MR) is 117 cm³/mol. The molecule has 2 aromatic heterocycles. The molecular formula is C21H23N5O3S. The maximum atomic E-state index is 12.7. The molecule has 2 N–H and O–H groups in total. The minimum atomic E-state index is -0.444. The number of amides is 1. The number of aryl methyl sites for hydroxylation is 3. The van der Waals surface area contributed by atoms with E-state index < -0.39 is 5.97 Å². The first-order valence-corrected chi connectivity index (χ1v) is 10.2. The van der Waals surface area contributed by atoms with Crippen LogP contribution < -0.4 is 10.6 Å². The molecule has 0 atom stereocenters. The quantitative estimate of drug-likeness (QED) is 0.563. The van der Waals surface area contributed by atoms with Gasteiger partial charge in [-0.2, -0.15) is 0 Å². The maximum Gasteiger partial charge on any atom is 0.350 e. The van der Waals surface area contributed by atoms with Crippen molar-refractivity contribution in [2.24, 2.45) is 0 Å². The summed E-state index contributed by atoms with van der Waals surface area (Å²) in [7, 11) is 0. The van der Waals surface area contributed by atoms with Gasteiger partial charge < -0.3 is 10.1 Å². The van der Waals surface area contributed by atoms with E-state index in [0.29, 0.717) is 32.9 Å². The van der Waals surface area contributed by atoms with Crippen LogP contribution in [0.25, 0.3) is 0 Å². The van der Waals surface area contributed by atoms with Crippen molar-refractivity contribution in [2.75, 3.05) is 10.6 Å². The number of esters is 1. The van der Waals surface area contributed by atoms with Crippen molar-refractivity contribution in [3.8, 4) is 0 Å². The van der Waals surface area contributed by atoms with Crippen molar-refractivity contribution in [2.45, 2.75) is 40.7 Å². The van der Waals surface area contributed by atoms with Gasteiger partial charge in [0.25, 0.3) is 5.91 Å². The van der Waals surface area contributed by atoms with Crippen molar-refractivity contribution >= 4 is 40.0 Å². The first kappa shape index (κ1) is 21.4. The van der Waals surface area contributed by atoms with Crippen LogP contribution in [-0.2, 0) is 4.74 Å². The molecule has 0 spiro atoms. The molecule has 0 aliphatic carbocycles. The largest absolute Gasteiger partial charge is 0.459 e. The fourth-order valence-corrected chi connectivity index (χ4v) is 3.57. The zero-order valence-corrected chi connectivity index (χ0v) is 18.3. The lowest BCUT2D eigenvalue weighted by Gasteiger charge is -2.08. The molecule has 0 aliphatic rings. The van der Waals surface area contributed by atoms with Crippen molar-refractivity contribution in [3.63, 3.8) is 0 Å². The third-order valence-corrected chi connectivity index (χ3v) is 4.96. The Balaban J connectivity index is 1.73. The second kappa shape index (κ2) is 9.00. The normalized spacial score (nSPS) is 10.7. The summed E-state index contributed by atoms with van der Waals surface area (Å²) in [5.74, 6) is -0.313. The van der Waals surface area contributed by atoms with Crippen molar-refractivity contribution < 1.29 is 14.3 Å². The standard InChI is InChI=1S/C21H23N5O3S/c1-11(2)29-19(28)17-14(5)24-21(30-17)26-18(27)15-7-6-8-16(10-15)25-20-22-12(3)9-13(4)23-20/h6-11H,1-5H3,(H,22,23,25)(H,24,26,27). The highest BCUT2D eigenvalue weighted by Crippen LogP contribution is 2.25. The highest BCUT2D eigenvalue weighted by Gasteiger charge is 2.19. The van der Waals surface area contributed by atoms with Crippen molar-refractivity contribution in [3.05, 3.63) is 57.9 Å². The number of carbonyl (C=O) groups is 2. The van der Waals surface area contributed by atoms with Gasteiger partial charge in [0.15, 0.2) is 5.13 Å². The van der Waals surface area contributed by atoms with Crippen LogP contribution in [0.1, 0.15) is 51.0 Å². The number of carbonyl (C=O) groups excluding carboxylic acids is 2. The van der Waals surface area contributed by atoms with Crippen LogP contribution >= 0.6 is 11.3 Å². The van der Waals surface area contributed by atoms with Gasteiger partial charge in [-0.15, -0.1) is 0 Å². The summed E-state index contributed by atoms with van der Waals surface area (Å²) in [6, 6.07) is 8.86. The molecule has 3 aromatic rings. The van der Waals surface area contributed by atoms with E-state index in [1.54, 1.807) is 39.0 Å². The predicted octanol–water partition coefficient (Wildman–Crippen LogP) is 4.42. The van der Waals surface area contributed by atoms with Gasteiger partial charge in [0.05, 0.1) is 11.8 Å². The fraction of sp³-hybridized carbons (Fsp3) is 0.286. The molecule has 0 saturated heterocycles. The van der Waals surface area contributed by atoms with Gasteiger partial charge in [-0.05, 0) is 58.9 Å². The van der Waals surface area contributed by atoms with Crippen LogP contribution in [0.4, 0.5) is 16.8 Å². The average Bonchev–Trinajstić information content (AvgIpc) is 3.00. The van der Waals surface area contributed by atoms with E-state index in [0.717, 1.165) is 22.7 Å². The van der Waals surface area contributed by atoms with E-state index in [9.17, 15) is 9.59 Å². The maximum absolute atomic E-state index is 12.7. The van der Waals surface area contributed by atoms with E-state index in [-0.39, 0.29) is 12.0 Å². The number of anilines is 3. The van der Waals surface area contributed by atoms with Gasteiger partial charge in [0, 0.05) is 22.6 Å². The molecule has 0 saturated carbocycles. The molecule has 0 radical (unpaired) electrons. The lowest BCUT2D eigenvalue weighted by atomic mass is 10.2. The molecule has 0 bridgehead atoms. The Bertz CT molecular complexity index is 1070. The SMILES string of the molecule is Cc1cc(C)nc(Nc2cccc(C(=O)Nc3nc(C)c(C(=O)OC(C)C)s3)c2)n1. The number of nitrogens with zero attached hydrogens (tertiary/aromatic N) is 3. The van der Waals surface area contributed by atoms with Crippen LogP contribution in [-0.4, -0.2) is 32.9 Å². The molecule has 2 heterocycles. The van der Waals surface area contributed by atoms with Gasteiger partial charge in [0.2, 0.25) is 5.95 Å². The zero-order chi connectivity index (χ0) is 21.8. The van der Waals surface area contributed by atoms with E-state index in [4.69, 9.17) is 4.74 Å². The number of aromatic nitrogens is 3. The molecule has 3 rings (SSSR count). The second-order valence-corrected chi connectivity index (χ2v) is 8.02. The lowest BCUT2D eigenvalue weighted by molar-refractivity contribution is 0.0382. The molecule has 30 heavy (non-hydrogen) atoms. The minimum Gasteiger partial charge on any atom is -0.459 e. The summed E-state index contributed by atoms with van der Waals surface area (Å²) in [5.41, 5.74) is 3.34. The van der Waals surface area contributed by atoms with Crippen LogP contribution in [0.15, 0.2) is 30.3 Å². The summed E-state index contributed by atoms with van der Waals surface area (Å²) in [5, 5.41) is 6.19. The van der Waals surface area contributed by atoms with E-state index in [2.05, 4.69) is 25.6 Å². The summed E-state index contributed by atoms with van der Waals surface area (Å²) in [6.07, 6.45) is -0.228. The number of nitrogens with one attached hydrogen (secondary N) is 2. The van der Waals surface area contributed by atoms with Crippen LogP contribution in [0.5, 0.6) is 0 Å². The van der Waals surface area contributed by atoms with Gasteiger partial charge >= 0.3 is 5.97 Å². The molecule has 0 aliphatic heterocycles. The monoisotopic (exact) mass is 425 g/mol. The van der Waals surface area contributed by atoms with E-state index in [1.807, 2.05) is 26.0 Å². The Morgan fingerprint density at radius 3 is 2.40 bits per heavy atom. The number of thiazole rings is 1. The smallest absolute Gasteiger partial charge is 0.350 e. The second-order valence-electron chi connectivity index (χ2n) is 7.02. The van der Waals surface area contributed by atoms with Crippen LogP contribution in [0.3, 0.4) is 0 Å². The summed E-state index contributed by atoms with van der Waals surface area (Å²) < 4.78 is 5.21. The summed E-state index contributed by atoms with van der Waals surface area (Å²) in [4.78, 5) is 38.1. The van der Waals surface area contributed by atoms with Crippen LogP contribution in [0, 0.1) is 20.8 Å². The topological polar surface area (TPSA) is 106 Å². The number of ether oxygens (including phenoxy) is 1. The van der Waals surface area contributed by atoms with Crippen molar-refractivity contribution in [1.29, 1.82) is 0 Å². The number of hydrogen-bond acceptors (Lipinski definition) is 8. The summed E-state index contributed by atoms with van der Waals surface area (Å²) in [6.45, 7) is 9.05. The van der Waals surface area contributed by atoms with E-state index >= 15 is 0 Å². The van der Waals surface area contributed by atoms with Crippen molar-refractivity contribution in [1.82, 2.24) is 15.0 Å². The average molecular weight is 426 g/mol. The molecule has 1 aromatic carbocycles. The Morgan fingerprint density at radius 2 is 1.73 bits per heavy atom. The van der Waals surface area contributed by atoms with Gasteiger partial charge in [-0.1, -0.05) is 17.4 Å². The fourth-order valence-electron chi connectivity index (χ4n) is 2.73. The lowest BCUT2D eigenvalue weighted by Crippen LogP contribution is -2.12. The Hall–Kier alpha value is -3.33. The third-order valence-electron chi connectivity index (χ3n) is 3.91. The first-order valence-electron chi connectivity index (χ1n) is 9.40. The van der Waals surface area contributed by atoms with Gasteiger partial charge in [0.1, 0.15) is 4.88 Å². The Kier molecular flexibility index (Phi) is 6.41. The third kappa shape index (κ3) is 5.38. The number of hydrogen-bond donors (Lipinski definition) is 2. The molecular weight excluding hydrogens is 402 g/mol. The molecule has 0 unspecified atom stereocenters.